The summed E-state index contributed by atoms with van der Waals surface area (Å²) < 4.78 is 0. The number of thiophene rings is 1. The van der Waals surface area contributed by atoms with Crippen molar-refractivity contribution in [1.82, 2.24) is 20.5 Å². The maximum absolute atomic E-state index is 12.1. The van der Waals surface area contributed by atoms with Gasteiger partial charge < -0.3 is 20.4 Å². The second-order valence-corrected chi connectivity index (χ2v) is 7.23. The Balaban J connectivity index is 1.81. The number of anilines is 1. The predicted octanol–water partition coefficient (Wildman–Crippen LogP) is 3.09. The van der Waals surface area contributed by atoms with Gasteiger partial charge in [0.2, 0.25) is 0 Å². The molecule has 0 fully saturated rings. The van der Waals surface area contributed by atoms with Crippen LogP contribution in [0.15, 0.2) is 35.8 Å². The highest BCUT2D eigenvalue weighted by Crippen LogP contribution is 2.22. The number of carbonyl (C=O) groups excluding carboxylic acids is 1. The van der Waals surface area contributed by atoms with Gasteiger partial charge >= 0.3 is 6.03 Å². The number of hydrogen-bond donors (Lipinski definition) is 2. The van der Waals surface area contributed by atoms with E-state index in [9.17, 15) is 4.79 Å². The first-order chi connectivity index (χ1) is 12.5. The summed E-state index contributed by atoms with van der Waals surface area (Å²) in [6.07, 6.45) is 1.82. The summed E-state index contributed by atoms with van der Waals surface area (Å²) in [4.78, 5) is 22.1. The Labute approximate surface area is 160 Å². The molecule has 7 heteroatoms. The number of carbonyl (C=O) groups is 1. The van der Waals surface area contributed by atoms with Gasteiger partial charge in [-0.2, -0.15) is 0 Å². The fourth-order valence-corrected chi connectivity index (χ4v) is 3.63. The van der Waals surface area contributed by atoms with Crippen molar-refractivity contribution in [1.29, 1.82) is 0 Å². The number of likely N-dealkylation sites (N-methyl/N-ethyl adjacent to an activating group) is 1. The molecular formula is C19H29N5OS. The minimum Gasteiger partial charge on any atom is -0.357 e. The summed E-state index contributed by atoms with van der Waals surface area (Å²) in [5.74, 6) is 0.966. The van der Waals surface area contributed by atoms with E-state index in [0.717, 1.165) is 24.5 Å². The Kier molecular flexibility index (Phi) is 7.87. The molecule has 2 N–H and O–H groups in total. The monoisotopic (exact) mass is 375 g/mol. The Hall–Kier alpha value is -2.12. The lowest BCUT2D eigenvalue weighted by Crippen LogP contribution is -2.40. The fraction of sp³-hybridized carbons (Fsp3) is 0.474. The number of aromatic nitrogens is 1. The first-order valence-corrected chi connectivity index (χ1v) is 9.84. The Morgan fingerprint density at radius 2 is 1.96 bits per heavy atom. The number of urea groups is 1. The fourth-order valence-electron chi connectivity index (χ4n) is 2.71. The number of nitrogens with one attached hydrogen (secondary N) is 2. The number of rotatable bonds is 9. The van der Waals surface area contributed by atoms with Crippen molar-refractivity contribution in [3.8, 4) is 0 Å². The standard InChI is InChI=1S/C19H29N5OS/c1-5-24(6-2)18-10-9-15(12-20-18)13-21-19(25)22-14-16(23(3)4)17-8-7-11-26-17/h7-12,16H,5-6,13-14H2,1-4H3,(H2,21,22,25). The highest BCUT2D eigenvalue weighted by Gasteiger charge is 2.16. The Morgan fingerprint density at radius 1 is 1.19 bits per heavy atom. The molecule has 0 aliphatic carbocycles. The van der Waals surface area contributed by atoms with Gasteiger partial charge in [-0.15, -0.1) is 11.3 Å². The first kappa shape index (κ1) is 20.2. The van der Waals surface area contributed by atoms with Crippen molar-refractivity contribution in [3.63, 3.8) is 0 Å². The highest BCUT2D eigenvalue weighted by molar-refractivity contribution is 7.10. The third kappa shape index (κ3) is 5.71. The van der Waals surface area contributed by atoms with E-state index in [1.807, 2.05) is 38.5 Å². The van der Waals surface area contributed by atoms with E-state index >= 15 is 0 Å². The van der Waals surface area contributed by atoms with Crippen LogP contribution < -0.4 is 15.5 Å². The molecule has 0 aromatic carbocycles. The molecule has 26 heavy (non-hydrogen) atoms. The van der Waals surface area contributed by atoms with Crippen LogP contribution in [0, 0.1) is 0 Å². The topological polar surface area (TPSA) is 60.5 Å². The maximum atomic E-state index is 12.1. The minimum absolute atomic E-state index is 0.166. The van der Waals surface area contributed by atoms with Crippen LogP contribution in [-0.4, -0.2) is 49.6 Å². The third-order valence-corrected chi connectivity index (χ3v) is 5.27. The van der Waals surface area contributed by atoms with Crippen LogP contribution in [0.5, 0.6) is 0 Å². The SMILES string of the molecule is CCN(CC)c1ccc(CNC(=O)NCC(c2cccs2)N(C)C)cn1. The molecule has 2 amide bonds. The molecule has 1 atom stereocenters. The van der Waals surface area contributed by atoms with Crippen LogP contribution in [0.4, 0.5) is 10.6 Å². The molecule has 0 saturated carbocycles. The van der Waals surface area contributed by atoms with E-state index in [1.165, 1.54) is 4.88 Å². The minimum atomic E-state index is -0.166. The molecule has 142 valence electrons. The van der Waals surface area contributed by atoms with Crippen molar-refractivity contribution >= 4 is 23.2 Å². The first-order valence-electron chi connectivity index (χ1n) is 8.96. The molecular weight excluding hydrogens is 346 g/mol. The Bertz CT molecular complexity index is 653. The van der Waals surface area contributed by atoms with Gasteiger partial charge in [-0.3, -0.25) is 0 Å². The molecule has 2 aromatic rings. The zero-order chi connectivity index (χ0) is 18.9. The second-order valence-electron chi connectivity index (χ2n) is 6.26. The van der Waals surface area contributed by atoms with Gasteiger partial charge in [0.25, 0.3) is 0 Å². The lowest BCUT2D eigenvalue weighted by Gasteiger charge is -2.23. The maximum Gasteiger partial charge on any atom is 0.315 e. The summed E-state index contributed by atoms with van der Waals surface area (Å²) >= 11 is 1.70. The molecule has 0 aliphatic heterocycles. The molecule has 0 bridgehead atoms. The van der Waals surface area contributed by atoms with Crippen LogP contribution in [0.2, 0.25) is 0 Å². The van der Waals surface area contributed by atoms with Crippen LogP contribution in [-0.2, 0) is 6.54 Å². The van der Waals surface area contributed by atoms with Gasteiger partial charge in [0.15, 0.2) is 0 Å². The van der Waals surface area contributed by atoms with Gasteiger partial charge in [-0.1, -0.05) is 12.1 Å². The summed E-state index contributed by atoms with van der Waals surface area (Å²) in [7, 11) is 4.04. The highest BCUT2D eigenvalue weighted by atomic mass is 32.1. The summed E-state index contributed by atoms with van der Waals surface area (Å²) in [5, 5.41) is 7.91. The largest absolute Gasteiger partial charge is 0.357 e. The average molecular weight is 376 g/mol. The van der Waals surface area contributed by atoms with Crippen LogP contribution >= 0.6 is 11.3 Å². The zero-order valence-electron chi connectivity index (χ0n) is 16.0. The average Bonchev–Trinajstić information content (AvgIpc) is 3.16. The molecule has 0 spiro atoms. The molecule has 0 saturated heterocycles. The summed E-state index contributed by atoms with van der Waals surface area (Å²) in [6.45, 7) is 7.12. The van der Waals surface area contributed by atoms with Crippen LogP contribution in [0.1, 0.15) is 30.3 Å². The van der Waals surface area contributed by atoms with E-state index < -0.39 is 0 Å². The molecule has 2 aromatic heterocycles. The zero-order valence-corrected chi connectivity index (χ0v) is 16.8. The quantitative estimate of drug-likeness (QED) is 0.707. The predicted molar refractivity (Wildman–Crippen MR) is 109 cm³/mol. The number of nitrogens with zero attached hydrogens (tertiary/aromatic N) is 3. The smallest absolute Gasteiger partial charge is 0.315 e. The van der Waals surface area contributed by atoms with Crippen molar-refractivity contribution in [2.24, 2.45) is 0 Å². The van der Waals surface area contributed by atoms with Crippen molar-refractivity contribution in [2.45, 2.75) is 26.4 Å². The van der Waals surface area contributed by atoms with Gasteiger partial charge in [0.1, 0.15) is 5.82 Å². The van der Waals surface area contributed by atoms with Gasteiger partial charge in [0.05, 0.1) is 6.04 Å². The van der Waals surface area contributed by atoms with E-state index in [1.54, 1.807) is 11.3 Å². The van der Waals surface area contributed by atoms with Crippen LogP contribution in [0.3, 0.4) is 0 Å². The normalized spacial score (nSPS) is 12.0. The number of amides is 2. The second kappa shape index (κ2) is 10.1. The van der Waals surface area contributed by atoms with Gasteiger partial charge in [0, 0.05) is 37.3 Å². The molecule has 2 rings (SSSR count). The Morgan fingerprint density at radius 3 is 2.50 bits per heavy atom. The molecule has 0 aliphatic rings. The van der Waals surface area contributed by atoms with Crippen molar-refractivity contribution in [2.75, 3.05) is 38.6 Å². The van der Waals surface area contributed by atoms with Crippen molar-refractivity contribution in [3.05, 3.63) is 46.3 Å². The lowest BCUT2D eigenvalue weighted by atomic mass is 10.2. The van der Waals surface area contributed by atoms with E-state index in [2.05, 4.69) is 50.7 Å². The van der Waals surface area contributed by atoms with E-state index in [0.29, 0.717) is 13.1 Å². The van der Waals surface area contributed by atoms with Crippen molar-refractivity contribution < 1.29 is 4.79 Å². The molecule has 6 nitrogen and oxygen atoms in total. The van der Waals surface area contributed by atoms with Gasteiger partial charge in [-0.25, -0.2) is 9.78 Å². The van der Waals surface area contributed by atoms with E-state index in [-0.39, 0.29) is 12.1 Å². The number of pyridine rings is 1. The lowest BCUT2D eigenvalue weighted by molar-refractivity contribution is 0.233. The van der Waals surface area contributed by atoms with E-state index in [4.69, 9.17) is 0 Å². The molecule has 0 radical (unpaired) electrons. The number of hydrogen-bond acceptors (Lipinski definition) is 5. The summed E-state index contributed by atoms with van der Waals surface area (Å²) in [6, 6.07) is 8.15. The molecule has 1 unspecified atom stereocenters. The van der Waals surface area contributed by atoms with Crippen LogP contribution in [0.25, 0.3) is 0 Å². The summed E-state index contributed by atoms with van der Waals surface area (Å²) in [5.41, 5.74) is 0.985. The third-order valence-electron chi connectivity index (χ3n) is 4.30. The molecule has 2 heterocycles. The van der Waals surface area contributed by atoms with Gasteiger partial charge in [-0.05, 0) is 51.0 Å².